The molecular formula is C22H28N6O. The van der Waals surface area contributed by atoms with Gasteiger partial charge in [0.25, 0.3) is 5.91 Å². The summed E-state index contributed by atoms with van der Waals surface area (Å²) in [4.78, 5) is 18.8. The first kappa shape index (κ1) is 19.4. The van der Waals surface area contributed by atoms with E-state index in [4.69, 9.17) is 11.5 Å². The van der Waals surface area contributed by atoms with Gasteiger partial charge in [0.1, 0.15) is 0 Å². The molecule has 7 nitrogen and oxygen atoms in total. The van der Waals surface area contributed by atoms with Gasteiger partial charge in [0.05, 0.1) is 23.0 Å². The number of amides is 1. The molecule has 3 heterocycles. The van der Waals surface area contributed by atoms with Crippen molar-refractivity contribution >= 4 is 17.1 Å². The molecule has 0 bridgehead atoms. The maximum Gasteiger partial charge on any atom is 0.252 e. The number of hydrogen-bond donors (Lipinski definition) is 2. The number of carbonyl (C=O) groups excluding carboxylic acids is 1. The van der Waals surface area contributed by atoms with Crippen LogP contribution in [-0.2, 0) is 0 Å². The quantitative estimate of drug-likeness (QED) is 0.695. The number of anilines is 1. The summed E-state index contributed by atoms with van der Waals surface area (Å²) in [6.45, 7) is 4.31. The molecule has 0 aliphatic heterocycles. The Hall–Kier alpha value is -2.93. The van der Waals surface area contributed by atoms with Crippen molar-refractivity contribution < 1.29 is 4.79 Å². The van der Waals surface area contributed by atoms with Crippen molar-refractivity contribution in [1.29, 1.82) is 0 Å². The lowest BCUT2D eigenvalue weighted by atomic mass is 9.89. The van der Waals surface area contributed by atoms with Crippen molar-refractivity contribution in [2.45, 2.75) is 57.7 Å². The van der Waals surface area contributed by atoms with Crippen LogP contribution in [0, 0.1) is 0 Å². The second-order valence-electron chi connectivity index (χ2n) is 8.14. The van der Waals surface area contributed by atoms with Gasteiger partial charge in [-0.05, 0) is 63.3 Å². The van der Waals surface area contributed by atoms with Crippen molar-refractivity contribution in [3.8, 4) is 11.1 Å². The van der Waals surface area contributed by atoms with E-state index in [0.717, 1.165) is 48.0 Å². The molecule has 4 rings (SSSR count). The molecule has 0 spiro atoms. The van der Waals surface area contributed by atoms with Gasteiger partial charge in [0, 0.05) is 42.3 Å². The third-order valence-electron chi connectivity index (χ3n) is 5.84. The third kappa shape index (κ3) is 3.70. The zero-order chi connectivity index (χ0) is 20.5. The normalized spacial score (nSPS) is 19.6. The van der Waals surface area contributed by atoms with Crippen molar-refractivity contribution in [3.63, 3.8) is 0 Å². The summed E-state index contributed by atoms with van der Waals surface area (Å²) in [6, 6.07) is 6.79. The molecule has 7 heteroatoms. The Balaban J connectivity index is 1.88. The standard InChI is InChI=1S/C22H28N6O/c1-14(2)28(18-5-3-17(23)4-6-18)21-19(22(24)29)12-26-27-13-16(11-20(21)27)15-7-9-25-10-8-15/h7-14,17-18H,3-6,23H2,1-2H3,(H2,24,29). The van der Waals surface area contributed by atoms with E-state index in [1.165, 1.54) is 0 Å². The Morgan fingerprint density at radius 1 is 1.17 bits per heavy atom. The molecule has 1 saturated carbocycles. The number of carbonyl (C=O) groups is 1. The monoisotopic (exact) mass is 392 g/mol. The zero-order valence-electron chi connectivity index (χ0n) is 17.0. The van der Waals surface area contributed by atoms with Gasteiger partial charge in [-0.15, -0.1) is 0 Å². The van der Waals surface area contributed by atoms with E-state index in [1.807, 2.05) is 22.8 Å². The summed E-state index contributed by atoms with van der Waals surface area (Å²) in [7, 11) is 0. The summed E-state index contributed by atoms with van der Waals surface area (Å²) in [6.07, 6.45) is 11.1. The van der Waals surface area contributed by atoms with Crippen LogP contribution < -0.4 is 16.4 Å². The van der Waals surface area contributed by atoms with E-state index in [1.54, 1.807) is 18.6 Å². The SMILES string of the molecule is CC(C)N(c1c(C(N)=O)cnn2cc(-c3ccncc3)cc12)C1CCC(N)CC1. The van der Waals surface area contributed by atoms with Crippen LogP contribution in [-0.4, -0.2) is 38.6 Å². The van der Waals surface area contributed by atoms with E-state index >= 15 is 0 Å². The Labute approximate surface area is 170 Å². The van der Waals surface area contributed by atoms with Crippen LogP contribution in [0.25, 0.3) is 16.6 Å². The molecule has 1 amide bonds. The number of nitrogens with zero attached hydrogens (tertiary/aromatic N) is 4. The fraction of sp³-hybridized carbons (Fsp3) is 0.409. The first-order valence-electron chi connectivity index (χ1n) is 10.2. The molecule has 0 atom stereocenters. The first-order valence-corrected chi connectivity index (χ1v) is 10.2. The van der Waals surface area contributed by atoms with E-state index in [9.17, 15) is 4.79 Å². The van der Waals surface area contributed by atoms with Gasteiger partial charge in [-0.25, -0.2) is 4.52 Å². The maximum atomic E-state index is 12.3. The summed E-state index contributed by atoms with van der Waals surface area (Å²) in [5.74, 6) is -0.458. The predicted molar refractivity (Wildman–Crippen MR) is 115 cm³/mol. The number of fused-ring (bicyclic) bond motifs is 1. The van der Waals surface area contributed by atoms with Crippen molar-refractivity contribution in [2.75, 3.05) is 4.90 Å². The average molecular weight is 393 g/mol. The summed E-state index contributed by atoms with van der Waals surface area (Å²) in [5.41, 5.74) is 16.2. The third-order valence-corrected chi connectivity index (χ3v) is 5.84. The predicted octanol–water partition coefficient (Wildman–Crippen LogP) is 2.98. The molecule has 0 radical (unpaired) electrons. The molecule has 0 aromatic carbocycles. The minimum absolute atomic E-state index is 0.206. The molecule has 0 unspecified atom stereocenters. The van der Waals surface area contributed by atoms with E-state index in [-0.39, 0.29) is 12.1 Å². The number of primary amides is 1. The fourth-order valence-corrected chi connectivity index (χ4v) is 4.44. The molecule has 4 N–H and O–H groups in total. The Kier molecular flexibility index (Phi) is 5.24. The number of hydrogen-bond acceptors (Lipinski definition) is 5. The first-order chi connectivity index (χ1) is 14.0. The van der Waals surface area contributed by atoms with Gasteiger partial charge >= 0.3 is 0 Å². The van der Waals surface area contributed by atoms with Crippen LogP contribution in [0.4, 0.5) is 5.69 Å². The highest BCUT2D eigenvalue weighted by Crippen LogP contribution is 2.36. The topological polar surface area (TPSA) is 103 Å². The van der Waals surface area contributed by atoms with Crippen LogP contribution >= 0.6 is 0 Å². The molecule has 1 aliphatic rings. The number of aromatic nitrogens is 3. The number of nitrogens with two attached hydrogens (primary N) is 2. The smallest absolute Gasteiger partial charge is 0.252 e. The van der Waals surface area contributed by atoms with Gasteiger partial charge in [-0.3, -0.25) is 9.78 Å². The fourth-order valence-electron chi connectivity index (χ4n) is 4.44. The highest BCUT2D eigenvalue weighted by Gasteiger charge is 2.30. The molecular weight excluding hydrogens is 364 g/mol. The molecule has 3 aromatic heterocycles. The maximum absolute atomic E-state index is 12.3. The summed E-state index contributed by atoms with van der Waals surface area (Å²) >= 11 is 0. The van der Waals surface area contributed by atoms with Crippen molar-refractivity contribution in [3.05, 3.63) is 48.5 Å². The largest absolute Gasteiger partial charge is 0.365 e. The second-order valence-corrected chi connectivity index (χ2v) is 8.14. The highest BCUT2D eigenvalue weighted by atomic mass is 16.1. The van der Waals surface area contributed by atoms with Crippen LogP contribution in [0.1, 0.15) is 49.9 Å². The lowest BCUT2D eigenvalue weighted by molar-refractivity contribution is 0.1000. The van der Waals surface area contributed by atoms with Crippen molar-refractivity contribution in [2.24, 2.45) is 11.5 Å². The Morgan fingerprint density at radius 3 is 2.48 bits per heavy atom. The zero-order valence-corrected chi connectivity index (χ0v) is 17.0. The summed E-state index contributed by atoms with van der Waals surface area (Å²) < 4.78 is 1.83. The van der Waals surface area contributed by atoms with Gasteiger partial charge in [-0.2, -0.15) is 5.10 Å². The second kappa shape index (κ2) is 7.83. The van der Waals surface area contributed by atoms with Crippen LogP contribution in [0.5, 0.6) is 0 Å². The van der Waals surface area contributed by atoms with Gasteiger partial charge in [-0.1, -0.05) is 0 Å². The lowest BCUT2D eigenvalue weighted by Gasteiger charge is -2.41. The summed E-state index contributed by atoms with van der Waals surface area (Å²) in [5, 5.41) is 4.46. The molecule has 29 heavy (non-hydrogen) atoms. The van der Waals surface area contributed by atoms with E-state index < -0.39 is 5.91 Å². The van der Waals surface area contributed by atoms with Crippen LogP contribution in [0.2, 0.25) is 0 Å². The minimum Gasteiger partial charge on any atom is -0.365 e. The highest BCUT2D eigenvalue weighted by molar-refractivity contribution is 6.02. The van der Waals surface area contributed by atoms with E-state index in [2.05, 4.69) is 34.9 Å². The van der Waals surface area contributed by atoms with Gasteiger partial charge in [0.15, 0.2) is 0 Å². The Bertz CT molecular complexity index is 1000. The average Bonchev–Trinajstić information content (AvgIpc) is 3.14. The Morgan fingerprint density at radius 2 is 1.86 bits per heavy atom. The van der Waals surface area contributed by atoms with Crippen LogP contribution in [0.3, 0.4) is 0 Å². The number of rotatable bonds is 5. The molecule has 152 valence electrons. The van der Waals surface area contributed by atoms with Gasteiger partial charge < -0.3 is 16.4 Å². The molecule has 0 saturated heterocycles. The minimum atomic E-state index is -0.458. The van der Waals surface area contributed by atoms with Crippen molar-refractivity contribution in [1.82, 2.24) is 14.6 Å². The molecule has 3 aromatic rings. The van der Waals surface area contributed by atoms with Crippen LogP contribution in [0.15, 0.2) is 43.0 Å². The molecule has 1 aliphatic carbocycles. The van der Waals surface area contributed by atoms with E-state index in [0.29, 0.717) is 11.6 Å². The number of pyridine rings is 1. The van der Waals surface area contributed by atoms with Gasteiger partial charge in [0.2, 0.25) is 0 Å². The lowest BCUT2D eigenvalue weighted by Crippen LogP contribution is -2.45. The molecule has 1 fully saturated rings.